The van der Waals surface area contributed by atoms with Crippen LogP contribution in [0.5, 0.6) is 0 Å². The number of rotatable bonds is 6. The molecule has 90 valence electrons. The Balaban J connectivity index is 2.30. The van der Waals surface area contributed by atoms with Gasteiger partial charge < -0.3 is 5.32 Å². The quantitative estimate of drug-likeness (QED) is 0.755. The number of hydrogen-bond acceptors (Lipinski definition) is 3. The van der Waals surface area contributed by atoms with Crippen molar-refractivity contribution >= 4 is 9.84 Å². The second-order valence-electron chi connectivity index (χ2n) is 5.47. The second kappa shape index (κ2) is 4.42. The summed E-state index contributed by atoms with van der Waals surface area (Å²) in [6, 6.07) is 0.488. The molecule has 1 N–H and O–H groups in total. The molecule has 0 aromatic rings. The Morgan fingerprint density at radius 3 is 2.33 bits per heavy atom. The van der Waals surface area contributed by atoms with Crippen molar-refractivity contribution < 1.29 is 8.42 Å². The summed E-state index contributed by atoms with van der Waals surface area (Å²) >= 11 is 0. The lowest BCUT2D eigenvalue weighted by atomic mass is 10.0. The van der Waals surface area contributed by atoms with Crippen molar-refractivity contribution in [3.8, 4) is 0 Å². The van der Waals surface area contributed by atoms with E-state index in [1.54, 1.807) is 0 Å². The molecule has 2 unspecified atom stereocenters. The number of hydrogen-bond donors (Lipinski definition) is 1. The fourth-order valence-corrected chi connectivity index (χ4v) is 3.00. The zero-order valence-corrected chi connectivity index (χ0v) is 11.0. The number of nitrogens with one attached hydrogen (secondary N) is 1. The minimum Gasteiger partial charge on any atom is -0.317 e. The van der Waals surface area contributed by atoms with Crippen LogP contribution in [0.4, 0.5) is 0 Å². The fourth-order valence-electron chi connectivity index (χ4n) is 2.31. The summed E-state index contributed by atoms with van der Waals surface area (Å²) < 4.78 is 22.0. The van der Waals surface area contributed by atoms with Crippen LogP contribution in [0.2, 0.25) is 0 Å². The molecule has 1 fully saturated rings. The maximum absolute atomic E-state index is 11.0. The summed E-state index contributed by atoms with van der Waals surface area (Å²) in [5.41, 5.74) is 0.457. The van der Waals surface area contributed by atoms with Crippen LogP contribution in [0.15, 0.2) is 0 Å². The van der Waals surface area contributed by atoms with E-state index < -0.39 is 9.84 Å². The summed E-state index contributed by atoms with van der Waals surface area (Å²) in [5.74, 6) is 1.04. The smallest absolute Gasteiger partial charge is 0.147 e. The van der Waals surface area contributed by atoms with Gasteiger partial charge >= 0.3 is 0 Å². The molecule has 3 nitrogen and oxygen atoms in total. The minimum absolute atomic E-state index is 0.318. The van der Waals surface area contributed by atoms with Gasteiger partial charge in [-0.1, -0.05) is 13.8 Å². The topological polar surface area (TPSA) is 46.2 Å². The first-order valence-corrected chi connectivity index (χ1v) is 7.67. The molecule has 1 aliphatic rings. The predicted molar refractivity (Wildman–Crippen MR) is 63.7 cm³/mol. The van der Waals surface area contributed by atoms with Crippen molar-refractivity contribution in [3.63, 3.8) is 0 Å². The van der Waals surface area contributed by atoms with Crippen molar-refractivity contribution in [1.29, 1.82) is 0 Å². The van der Waals surface area contributed by atoms with Gasteiger partial charge in [-0.2, -0.15) is 0 Å². The molecule has 0 aromatic heterocycles. The molecule has 0 heterocycles. The van der Waals surface area contributed by atoms with Gasteiger partial charge in [0.2, 0.25) is 0 Å². The van der Waals surface area contributed by atoms with Crippen LogP contribution in [-0.4, -0.2) is 33.5 Å². The monoisotopic (exact) mass is 233 g/mol. The lowest BCUT2D eigenvalue weighted by molar-refractivity contribution is 0.404. The van der Waals surface area contributed by atoms with Crippen LogP contribution in [0, 0.1) is 11.3 Å². The second-order valence-corrected chi connectivity index (χ2v) is 7.73. The molecule has 1 saturated carbocycles. The molecule has 0 spiro atoms. The van der Waals surface area contributed by atoms with Crippen molar-refractivity contribution in [3.05, 3.63) is 0 Å². The SMILES string of the molecule is CNC(CCCS(C)(=O)=O)C1CC1(C)C. The molecule has 2 atom stereocenters. The Hall–Kier alpha value is -0.0900. The molecule has 0 saturated heterocycles. The summed E-state index contributed by atoms with van der Waals surface area (Å²) in [6.45, 7) is 4.55. The molecule has 1 rings (SSSR count). The molecule has 0 bridgehead atoms. The van der Waals surface area contributed by atoms with Crippen LogP contribution < -0.4 is 5.32 Å². The third kappa shape index (κ3) is 4.11. The molecular formula is C11H23NO2S. The minimum atomic E-state index is -2.79. The summed E-state index contributed by atoms with van der Waals surface area (Å²) in [7, 11) is -0.818. The van der Waals surface area contributed by atoms with Crippen molar-refractivity contribution in [1.82, 2.24) is 5.32 Å². The van der Waals surface area contributed by atoms with Gasteiger partial charge in [0.05, 0.1) is 0 Å². The summed E-state index contributed by atoms with van der Waals surface area (Å²) in [4.78, 5) is 0. The first kappa shape index (κ1) is 13.0. The predicted octanol–water partition coefficient (Wildman–Crippen LogP) is 1.45. The van der Waals surface area contributed by atoms with E-state index >= 15 is 0 Å². The average molecular weight is 233 g/mol. The highest BCUT2D eigenvalue weighted by Gasteiger charge is 2.49. The van der Waals surface area contributed by atoms with Gasteiger partial charge in [-0.25, -0.2) is 8.42 Å². The van der Waals surface area contributed by atoms with Crippen molar-refractivity contribution in [2.75, 3.05) is 19.1 Å². The van der Waals surface area contributed by atoms with E-state index in [4.69, 9.17) is 0 Å². The van der Waals surface area contributed by atoms with Crippen LogP contribution >= 0.6 is 0 Å². The molecule has 15 heavy (non-hydrogen) atoms. The summed E-state index contributed by atoms with van der Waals surface area (Å²) in [6.07, 6.45) is 4.31. The molecular weight excluding hydrogens is 210 g/mol. The lowest BCUT2D eigenvalue weighted by Gasteiger charge is -2.17. The molecule has 0 aliphatic heterocycles. The molecule has 0 aromatic carbocycles. The van der Waals surface area contributed by atoms with E-state index in [1.807, 2.05) is 7.05 Å². The van der Waals surface area contributed by atoms with E-state index in [1.165, 1.54) is 12.7 Å². The highest BCUT2D eigenvalue weighted by Crippen LogP contribution is 2.54. The van der Waals surface area contributed by atoms with Crippen LogP contribution in [-0.2, 0) is 9.84 Å². The third-order valence-corrected chi connectivity index (χ3v) is 4.51. The Labute approximate surface area is 93.6 Å². The van der Waals surface area contributed by atoms with E-state index in [0.29, 0.717) is 17.2 Å². The number of sulfone groups is 1. The zero-order valence-electron chi connectivity index (χ0n) is 10.2. The standard InChI is InChI=1S/C11H23NO2S/c1-11(2)8-9(11)10(12-3)6-5-7-15(4,13)14/h9-10,12H,5-8H2,1-4H3. The van der Waals surface area contributed by atoms with E-state index in [9.17, 15) is 8.42 Å². The van der Waals surface area contributed by atoms with E-state index in [0.717, 1.165) is 18.8 Å². The van der Waals surface area contributed by atoms with Crippen molar-refractivity contribution in [2.45, 2.75) is 39.2 Å². The summed E-state index contributed by atoms with van der Waals surface area (Å²) in [5, 5.41) is 3.31. The molecule has 1 aliphatic carbocycles. The highest BCUT2D eigenvalue weighted by molar-refractivity contribution is 7.90. The van der Waals surface area contributed by atoms with E-state index in [2.05, 4.69) is 19.2 Å². The van der Waals surface area contributed by atoms with E-state index in [-0.39, 0.29) is 0 Å². The van der Waals surface area contributed by atoms with Gasteiger partial charge in [-0.05, 0) is 37.6 Å². The van der Waals surface area contributed by atoms with Crippen LogP contribution in [0.25, 0.3) is 0 Å². The Morgan fingerprint density at radius 1 is 1.47 bits per heavy atom. The van der Waals surface area contributed by atoms with Crippen LogP contribution in [0.3, 0.4) is 0 Å². The maximum Gasteiger partial charge on any atom is 0.147 e. The highest BCUT2D eigenvalue weighted by atomic mass is 32.2. The third-order valence-electron chi connectivity index (χ3n) is 3.48. The Kier molecular flexibility index (Phi) is 3.82. The molecule has 0 radical (unpaired) electrons. The van der Waals surface area contributed by atoms with Gasteiger partial charge in [0.25, 0.3) is 0 Å². The van der Waals surface area contributed by atoms with Gasteiger partial charge in [-0.15, -0.1) is 0 Å². The average Bonchev–Trinajstić information content (AvgIpc) is 2.67. The van der Waals surface area contributed by atoms with Crippen LogP contribution in [0.1, 0.15) is 33.1 Å². The largest absolute Gasteiger partial charge is 0.317 e. The zero-order chi connectivity index (χ0) is 11.7. The normalized spacial score (nSPS) is 26.3. The lowest BCUT2D eigenvalue weighted by Crippen LogP contribution is -2.29. The molecule has 0 amide bonds. The van der Waals surface area contributed by atoms with Crippen molar-refractivity contribution in [2.24, 2.45) is 11.3 Å². The van der Waals surface area contributed by atoms with Gasteiger partial charge in [0.1, 0.15) is 9.84 Å². The Bertz CT molecular complexity index is 309. The fraction of sp³-hybridized carbons (Fsp3) is 1.00. The Morgan fingerprint density at radius 2 is 2.00 bits per heavy atom. The first-order chi connectivity index (χ1) is 6.76. The molecule has 4 heteroatoms. The van der Waals surface area contributed by atoms with Gasteiger partial charge in [0.15, 0.2) is 0 Å². The van der Waals surface area contributed by atoms with Gasteiger partial charge in [0, 0.05) is 18.1 Å². The van der Waals surface area contributed by atoms with Gasteiger partial charge in [-0.3, -0.25) is 0 Å². The first-order valence-electron chi connectivity index (χ1n) is 5.61. The maximum atomic E-state index is 11.0.